The number of esters is 1. The number of rotatable bonds is 2. The van der Waals surface area contributed by atoms with Crippen molar-refractivity contribution in [2.24, 2.45) is 0 Å². The van der Waals surface area contributed by atoms with Crippen LogP contribution in [0.2, 0.25) is 0 Å². The molecule has 11 heavy (non-hydrogen) atoms. The monoisotopic (exact) mass is 180 g/mol. The van der Waals surface area contributed by atoms with Gasteiger partial charge in [0, 0.05) is 6.92 Å². The lowest BCUT2D eigenvalue weighted by atomic mass is 10.8. The van der Waals surface area contributed by atoms with E-state index in [4.69, 9.17) is 16.7 Å². The molecule has 0 aromatic heterocycles. The zero-order valence-corrected chi connectivity index (χ0v) is 6.80. The largest absolute Gasteiger partial charge is 0.480 e. The third kappa shape index (κ3) is 27.6. The van der Waals surface area contributed by atoms with E-state index < -0.39 is 5.97 Å². The van der Waals surface area contributed by atoms with Crippen molar-refractivity contribution in [3.63, 3.8) is 0 Å². The molecule has 0 rings (SSSR count). The zero-order valence-electron chi connectivity index (χ0n) is 6.04. The molecule has 0 heterocycles. The number of carbonyl (C=O) groups is 2. The Hall–Kier alpha value is -1.03. The number of carbonyl (C=O) groups excluding carboxylic acids is 1. The highest BCUT2D eigenvalue weighted by Crippen LogP contribution is 1.70. The van der Waals surface area contributed by atoms with E-state index in [0.29, 0.717) is 0 Å². The van der Waals surface area contributed by atoms with E-state index >= 15 is 0 Å². The Bertz CT molecular complexity index is 144. The first-order valence-corrected chi connectivity index (χ1v) is 3.14. The first-order valence-electron chi connectivity index (χ1n) is 2.60. The maximum atomic E-state index is 9.75. The molecule has 0 amide bonds. The van der Waals surface area contributed by atoms with Gasteiger partial charge in [0.25, 0.3) is 0 Å². The lowest BCUT2D eigenvalue weighted by Crippen LogP contribution is -1.92. The molecule has 0 aromatic rings. The second-order valence-corrected chi connectivity index (χ2v) is 1.57. The summed E-state index contributed by atoms with van der Waals surface area (Å²) in [5, 5.41) is 7.59. The Morgan fingerprint density at radius 3 is 2.09 bits per heavy atom. The van der Waals surface area contributed by atoms with Gasteiger partial charge in [-0.15, -0.1) is 11.6 Å². The minimum atomic E-state index is -0.980. The van der Waals surface area contributed by atoms with Crippen molar-refractivity contribution < 1.29 is 19.4 Å². The van der Waals surface area contributed by atoms with E-state index in [1.807, 2.05) is 0 Å². The van der Waals surface area contributed by atoms with Crippen LogP contribution in [0.4, 0.5) is 0 Å². The fourth-order valence-corrected chi connectivity index (χ4v) is 0.117. The highest BCUT2D eigenvalue weighted by atomic mass is 35.5. The highest BCUT2D eigenvalue weighted by Gasteiger charge is 1.83. The summed E-state index contributed by atoms with van der Waals surface area (Å²) in [5.74, 6) is -1.61. The molecular weight excluding hydrogens is 172 g/mol. The number of halogens is 1. The summed E-state index contributed by atoms with van der Waals surface area (Å²) >= 11 is 4.74. The third-order valence-electron chi connectivity index (χ3n) is 0.364. The van der Waals surface area contributed by atoms with E-state index in [-0.39, 0.29) is 11.8 Å². The Balaban J connectivity index is 0. The molecule has 0 bridgehead atoms. The fraction of sp³-hybridized carbons (Fsp3) is 0.333. The van der Waals surface area contributed by atoms with Crippen LogP contribution >= 0.6 is 11.6 Å². The predicted molar refractivity (Wildman–Crippen MR) is 40.3 cm³/mol. The third-order valence-corrected chi connectivity index (χ3v) is 0.592. The van der Waals surface area contributed by atoms with E-state index in [1.165, 1.54) is 6.92 Å². The quantitative estimate of drug-likeness (QED) is 0.391. The van der Waals surface area contributed by atoms with Crippen LogP contribution in [0.15, 0.2) is 12.8 Å². The number of ether oxygens (including phenoxy) is 1. The average Bonchev–Trinajstić information content (AvgIpc) is 1.89. The first-order chi connectivity index (χ1) is 5.04. The van der Waals surface area contributed by atoms with Gasteiger partial charge in [0.15, 0.2) is 0 Å². The van der Waals surface area contributed by atoms with Gasteiger partial charge in [0.05, 0.1) is 6.26 Å². The van der Waals surface area contributed by atoms with E-state index in [0.717, 1.165) is 6.26 Å². The Labute approximate surface area is 69.4 Å². The molecule has 0 saturated carbocycles. The maximum Gasteiger partial charge on any atom is 0.318 e. The molecule has 0 atom stereocenters. The fourth-order valence-electron chi connectivity index (χ4n) is 0.117. The minimum absolute atomic E-state index is 0.306. The number of aliphatic carboxylic acids is 1. The number of hydrogen-bond donors (Lipinski definition) is 1. The summed E-state index contributed by atoms with van der Waals surface area (Å²) in [6, 6.07) is 0. The molecule has 0 unspecified atom stereocenters. The van der Waals surface area contributed by atoms with Crippen molar-refractivity contribution in [1.29, 1.82) is 0 Å². The van der Waals surface area contributed by atoms with E-state index in [9.17, 15) is 9.59 Å². The van der Waals surface area contributed by atoms with Gasteiger partial charge in [-0.3, -0.25) is 9.59 Å². The molecule has 0 saturated heterocycles. The van der Waals surface area contributed by atoms with E-state index in [2.05, 4.69) is 11.3 Å². The van der Waals surface area contributed by atoms with Crippen LogP contribution < -0.4 is 0 Å². The van der Waals surface area contributed by atoms with Gasteiger partial charge in [0.2, 0.25) is 0 Å². The average molecular weight is 181 g/mol. The van der Waals surface area contributed by atoms with Crippen LogP contribution in [-0.4, -0.2) is 22.9 Å². The smallest absolute Gasteiger partial charge is 0.318 e. The molecule has 64 valence electrons. The second kappa shape index (κ2) is 8.97. The van der Waals surface area contributed by atoms with Crippen LogP contribution in [0, 0.1) is 0 Å². The molecule has 0 radical (unpaired) electrons. The number of carboxylic acids is 1. The van der Waals surface area contributed by atoms with Gasteiger partial charge in [-0.25, -0.2) is 0 Å². The summed E-state index contributed by atoms with van der Waals surface area (Å²) in [6.45, 7) is 4.48. The summed E-state index contributed by atoms with van der Waals surface area (Å²) in [7, 11) is 0. The minimum Gasteiger partial charge on any atom is -0.480 e. The van der Waals surface area contributed by atoms with Crippen LogP contribution in [0.3, 0.4) is 0 Å². The molecular formula is C6H9ClO4. The van der Waals surface area contributed by atoms with Crippen LogP contribution in [0.25, 0.3) is 0 Å². The molecule has 0 aromatic carbocycles. The first kappa shape index (κ1) is 12.6. The van der Waals surface area contributed by atoms with Gasteiger partial charge < -0.3 is 9.84 Å². The van der Waals surface area contributed by atoms with Crippen molar-refractivity contribution in [3.05, 3.63) is 12.8 Å². The summed E-state index contributed by atoms with van der Waals surface area (Å²) in [4.78, 5) is 19.0. The Morgan fingerprint density at radius 1 is 1.73 bits per heavy atom. The lowest BCUT2D eigenvalue weighted by Gasteiger charge is -1.83. The molecule has 0 spiro atoms. The van der Waals surface area contributed by atoms with Gasteiger partial charge >= 0.3 is 11.9 Å². The van der Waals surface area contributed by atoms with Gasteiger partial charge in [-0.05, 0) is 0 Å². The molecule has 0 aliphatic heterocycles. The van der Waals surface area contributed by atoms with Gasteiger partial charge in [-0.2, -0.15) is 0 Å². The number of carboxylic acid groups (broad SMARTS) is 1. The standard InChI is InChI=1S/C4H6O2.C2H3ClO2/c1-3-6-4(2)5;3-1-2(4)5/h3H,1H2,2H3;1H2,(H,4,5). The normalized spacial score (nSPS) is 7.09. The Morgan fingerprint density at radius 2 is 2.09 bits per heavy atom. The summed E-state index contributed by atoms with van der Waals surface area (Å²) < 4.78 is 4.17. The molecule has 4 nitrogen and oxygen atoms in total. The lowest BCUT2D eigenvalue weighted by molar-refractivity contribution is -0.135. The summed E-state index contributed by atoms with van der Waals surface area (Å²) in [5.41, 5.74) is 0. The van der Waals surface area contributed by atoms with Crippen molar-refractivity contribution in [1.82, 2.24) is 0 Å². The molecule has 0 aliphatic rings. The van der Waals surface area contributed by atoms with Gasteiger partial charge in [-0.1, -0.05) is 6.58 Å². The van der Waals surface area contributed by atoms with Crippen molar-refractivity contribution in [2.45, 2.75) is 6.92 Å². The predicted octanol–water partition coefficient (Wildman–Crippen LogP) is 1.00. The maximum absolute atomic E-state index is 9.75. The topological polar surface area (TPSA) is 63.6 Å². The highest BCUT2D eigenvalue weighted by molar-refractivity contribution is 6.26. The van der Waals surface area contributed by atoms with Crippen molar-refractivity contribution >= 4 is 23.5 Å². The molecule has 5 heteroatoms. The Kier molecular flexibility index (Phi) is 10.3. The number of alkyl halides is 1. The van der Waals surface area contributed by atoms with Crippen molar-refractivity contribution in [2.75, 3.05) is 5.88 Å². The zero-order chi connectivity index (χ0) is 9.28. The van der Waals surface area contributed by atoms with E-state index in [1.54, 1.807) is 0 Å². The molecule has 1 N–H and O–H groups in total. The summed E-state index contributed by atoms with van der Waals surface area (Å²) in [6.07, 6.45) is 1.10. The number of hydrogen-bond acceptors (Lipinski definition) is 3. The van der Waals surface area contributed by atoms with Crippen LogP contribution in [0.1, 0.15) is 6.92 Å². The van der Waals surface area contributed by atoms with Crippen LogP contribution in [-0.2, 0) is 14.3 Å². The molecule has 0 fully saturated rings. The SMILES string of the molecule is C=COC(C)=O.O=C(O)CCl. The van der Waals surface area contributed by atoms with Crippen LogP contribution in [0.5, 0.6) is 0 Å². The van der Waals surface area contributed by atoms with Gasteiger partial charge in [0.1, 0.15) is 5.88 Å². The molecule has 0 aliphatic carbocycles. The van der Waals surface area contributed by atoms with Crippen molar-refractivity contribution in [3.8, 4) is 0 Å². The second-order valence-electron chi connectivity index (χ2n) is 1.30.